The molecule has 1 rings (SSSR count). The van der Waals surface area contributed by atoms with E-state index in [4.69, 9.17) is 0 Å². The lowest BCUT2D eigenvalue weighted by Crippen LogP contribution is -2.38. The summed E-state index contributed by atoms with van der Waals surface area (Å²) in [4.78, 5) is 26.6. The molecule has 1 aliphatic rings. The minimum atomic E-state index is -0.156. The summed E-state index contributed by atoms with van der Waals surface area (Å²) < 4.78 is 0. The lowest BCUT2D eigenvalue weighted by Gasteiger charge is -2.19. The van der Waals surface area contributed by atoms with Gasteiger partial charge in [0.25, 0.3) is 0 Å². The van der Waals surface area contributed by atoms with Crippen LogP contribution in [0.5, 0.6) is 0 Å². The molecule has 1 heterocycles. The van der Waals surface area contributed by atoms with Gasteiger partial charge in [-0.05, 0) is 20.3 Å². The second-order valence-electron chi connectivity index (χ2n) is 4.24. The molecule has 3 amide bonds. The first kappa shape index (κ1) is 12.0. The second-order valence-corrected chi connectivity index (χ2v) is 4.24. The Kier molecular flexibility index (Phi) is 3.72. The Morgan fingerprint density at radius 1 is 1.33 bits per heavy atom. The number of rotatable bonds is 3. The number of carbonyl (C=O) groups excluding carboxylic acids is 2. The van der Waals surface area contributed by atoms with Crippen molar-refractivity contribution >= 4 is 11.9 Å². The van der Waals surface area contributed by atoms with Crippen LogP contribution in [0.2, 0.25) is 0 Å². The Hall–Kier alpha value is -1.06. The SMILES string of the molecule is CCCCC(=O)N1C(=O)N(C)C(C)C1C. The van der Waals surface area contributed by atoms with Crippen LogP contribution in [0.1, 0.15) is 40.0 Å². The van der Waals surface area contributed by atoms with Gasteiger partial charge < -0.3 is 4.90 Å². The van der Waals surface area contributed by atoms with Crippen molar-refractivity contribution in [1.29, 1.82) is 0 Å². The van der Waals surface area contributed by atoms with Gasteiger partial charge in [0, 0.05) is 13.5 Å². The van der Waals surface area contributed by atoms with Crippen molar-refractivity contribution in [2.24, 2.45) is 0 Å². The third-order valence-electron chi connectivity index (χ3n) is 3.24. The van der Waals surface area contributed by atoms with Crippen LogP contribution >= 0.6 is 0 Å². The Bertz CT molecular complexity index is 265. The summed E-state index contributed by atoms with van der Waals surface area (Å²) in [6, 6.07) is -0.0500. The summed E-state index contributed by atoms with van der Waals surface area (Å²) in [6.07, 6.45) is 2.31. The van der Waals surface area contributed by atoms with Crippen LogP contribution in [0.25, 0.3) is 0 Å². The maximum absolute atomic E-state index is 11.8. The molecule has 0 aromatic rings. The second kappa shape index (κ2) is 4.64. The van der Waals surface area contributed by atoms with E-state index < -0.39 is 0 Å². The molecule has 1 aliphatic heterocycles. The molecule has 1 saturated heterocycles. The maximum Gasteiger partial charge on any atom is 0.327 e. The predicted octanol–water partition coefficient (Wildman–Crippen LogP) is 1.85. The molecule has 0 spiro atoms. The minimum Gasteiger partial charge on any atom is -0.323 e. The highest BCUT2D eigenvalue weighted by atomic mass is 16.2. The van der Waals surface area contributed by atoms with E-state index in [1.165, 1.54) is 4.90 Å². The predicted molar refractivity (Wildman–Crippen MR) is 58.5 cm³/mol. The summed E-state index contributed by atoms with van der Waals surface area (Å²) in [7, 11) is 1.75. The summed E-state index contributed by atoms with van der Waals surface area (Å²) in [6.45, 7) is 5.93. The summed E-state index contributed by atoms with van der Waals surface area (Å²) in [5.41, 5.74) is 0. The minimum absolute atomic E-state index is 0.00754. The molecule has 1 fully saturated rings. The van der Waals surface area contributed by atoms with Gasteiger partial charge in [-0.15, -0.1) is 0 Å². The highest BCUT2D eigenvalue weighted by Crippen LogP contribution is 2.22. The van der Waals surface area contributed by atoms with Crippen molar-refractivity contribution in [3.63, 3.8) is 0 Å². The molecule has 0 radical (unpaired) electrons. The van der Waals surface area contributed by atoms with Gasteiger partial charge in [-0.2, -0.15) is 0 Å². The van der Waals surface area contributed by atoms with Gasteiger partial charge in [-0.1, -0.05) is 13.3 Å². The zero-order valence-corrected chi connectivity index (χ0v) is 9.99. The Morgan fingerprint density at radius 2 is 1.93 bits per heavy atom. The number of carbonyl (C=O) groups is 2. The van der Waals surface area contributed by atoms with Gasteiger partial charge in [0.1, 0.15) is 0 Å². The summed E-state index contributed by atoms with van der Waals surface area (Å²) in [5.74, 6) is -0.0365. The number of likely N-dealkylation sites (N-methyl/N-ethyl adjacent to an activating group) is 1. The molecule has 0 aromatic heterocycles. The first-order chi connectivity index (χ1) is 7.00. The largest absolute Gasteiger partial charge is 0.327 e. The van der Waals surface area contributed by atoms with Crippen LogP contribution in [-0.2, 0) is 4.79 Å². The summed E-state index contributed by atoms with van der Waals surface area (Å²) >= 11 is 0. The van der Waals surface area contributed by atoms with E-state index in [0.29, 0.717) is 6.42 Å². The normalized spacial score (nSPS) is 26.3. The number of hydrogen-bond donors (Lipinski definition) is 0. The van der Waals surface area contributed by atoms with Crippen LogP contribution in [0.4, 0.5) is 4.79 Å². The van der Waals surface area contributed by atoms with E-state index in [9.17, 15) is 9.59 Å². The Morgan fingerprint density at radius 3 is 2.33 bits per heavy atom. The van der Waals surface area contributed by atoms with E-state index in [-0.39, 0.29) is 24.0 Å². The highest BCUT2D eigenvalue weighted by Gasteiger charge is 2.41. The Balaban J connectivity index is 2.69. The molecule has 86 valence electrons. The Labute approximate surface area is 91.2 Å². The number of unbranched alkanes of at least 4 members (excludes halogenated alkanes) is 1. The number of urea groups is 1. The molecular formula is C11H20N2O2. The summed E-state index contributed by atoms with van der Waals surface area (Å²) in [5, 5.41) is 0. The van der Waals surface area contributed by atoms with Crippen LogP contribution in [-0.4, -0.2) is 40.9 Å². The number of amides is 3. The highest BCUT2D eigenvalue weighted by molar-refractivity contribution is 5.96. The van der Waals surface area contributed by atoms with Gasteiger partial charge in [0.2, 0.25) is 5.91 Å². The molecule has 0 N–H and O–H groups in total. The first-order valence-electron chi connectivity index (χ1n) is 5.59. The van der Waals surface area contributed by atoms with Crippen LogP contribution < -0.4 is 0 Å². The lowest BCUT2D eigenvalue weighted by molar-refractivity contribution is -0.129. The molecule has 0 bridgehead atoms. The van der Waals surface area contributed by atoms with Crippen molar-refractivity contribution in [3.8, 4) is 0 Å². The zero-order chi connectivity index (χ0) is 11.6. The fourth-order valence-corrected chi connectivity index (χ4v) is 1.84. The van der Waals surface area contributed by atoms with Crippen molar-refractivity contribution in [2.45, 2.75) is 52.1 Å². The van der Waals surface area contributed by atoms with E-state index in [0.717, 1.165) is 12.8 Å². The third-order valence-corrected chi connectivity index (χ3v) is 3.24. The molecule has 2 unspecified atom stereocenters. The molecule has 15 heavy (non-hydrogen) atoms. The zero-order valence-electron chi connectivity index (χ0n) is 9.99. The maximum atomic E-state index is 11.8. The monoisotopic (exact) mass is 212 g/mol. The molecule has 0 aromatic carbocycles. The molecule has 0 saturated carbocycles. The van der Waals surface area contributed by atoms with Gasteiger partial charge >= 0.3 is 6.03 Å². The average molecular weight is 212 g/mol. The lowest BCUT2D eigenvalue weighted by atomic mass is 10.1. The van der Waals surface area contributed by atoms with E-state index in [1.807, 2.05) is 20.8 Å². The molecule has 2 atom stereocenters. The fraction of sp³-hybridized carbons (Fsp3) is 0.818. The fourth-order valence-electron chi connectivity index (χ4n) is 1.84. The van der Waals surface area contributed by atoms with Crippen molar-refractivity contribution in [3.05, 3.63) is 0 Å². The first-order valence-corrected chi connectivity index (χ1v) is 5.59. The smallest absolute Gasteiger partial charge is 0.323 e. The van der Waals surface area contributed by atoms with Gasteiger partial charge in [-0.25, -0.2) is 4.79 Å². The van der Waals surface area contributed by atoms with Crippen LogP contribution in [0.3, 0.4) is 0 Å². The molecule has 4 nitrogen and oxygen atoms in total. The van der Waals surface area contributed by atoms with Crippen molar-refractivity contribution in [2.75, 3.05) is 7.05 Å². The van der Waals surface area contributed by atoms with Gasteiger partial charge in [-0.3, -0.25) is 9.69 Å². The van der Waals surface area contributed by atoms with Gasteiger partial charge in [0.15, 0.2) is 0 Å². The van der Waals surface area contributed by atoms with E-state index in [1.54, 1.807) is 11.9 Å². The van der Waals surface area contributed by atoms with E-state index in [2.05, 4.69) is 0 Å². The van der Waals surface area contributed by atoms with Crippen molar-refractivity contribution in [1.82, 2.24) is 9.80 Å². The average Bonchev–Trinajstić information content (AvgIpc) is 2.40. The van der Waals surface area contributed by atoms with Crippen LogP contribution in [0.15, 0.2) is 0 Å². The van der Waals surface area contributed by atoms with Gasteiger partial charge in [0.05, 0.1) is 12.1 Å². The number of hydrogen-bond acceptors (Lipinski definition) is 2. The van der Waals surface area contributed by atoms with E-state index >= 15 is 0 Å². The molecule has 0 aliphatic carbocycles. The molecule has 4 heteroatoms. The molecular weight excluding hydrogens is 192 g/mol. The topological polar surface area (TPSA) is 40.6 Å². The quantitative estimate of drug-likeness (QED) is 0.716. The standard InChI is InChI=1S/C11H20N2O2/c1-5-6-7-10(14)13-9(3)8(2)12(4)11(13)15/h8-9H,5-7H2,1-4H3. The third kappa shape index (κ3) is 2.13. The number of imide groups is 1. The van der Waals surface area contributed by atoms with Crippen LogP contribution in [0, 0.1) is 0 Å². The number of nitrogens with zero attached hydrogens (tertiary/aromatic N) is 2. The van der Waals surface area contributed by atoms with Crippen molar-refractivity contribution < 1.29 is 9.59 Å².